The molecule has 0 unspecified atom stereocenters. The van der Waals surface area contributed by atoms with Gasteiger partial charge in [-0.3, -0.25) is 4.79 Å². The number of amides is 1. The van der Waals surface area contributed by atoms with Gasteiger partial charge in [0.2, 0.25) is 0 Å². The summed E-state index contributed by atoms with van der Waals surface area (Å²) in [5, 5.41) is 6.41. The Balaban J connectivity index is 1.57. The first kappa shape index (κ1) is 15.9. The van der Waals surface area contributed by atoms with Crippen LogP contribution in [0.3, 0.4) is 0 Å². The third-order valence-corrected chi connectivity index (χ3v) is 3.54. The summed E-state index contributed by atoms with van der Waals surface area (Å²) in [4.78, 5) is 16.1. The molecule has 0 radical (unpaired) electrons. The van der Waals surface area contributed by atoms with Crippen molar-refractivity contribution in [1.82, 2.24) is 15.5 Å². The fraction of sp³-hybridized carbons (Fsp3) is 0.167. The van der Waals surface area contributed by atoms with Crippen LogP contribution in [0.4, 0.5) is 4.39 Å². The van der Waals surface area contributed by atoms with Crippen molar-refractivity contribution in [2.24, 2.45) is 0 Å². The highest BCUT2D eigenvalue weighted by Crippen LogP contribution is 2.17. The molecule has 0 saturated carbocycles. The van der Waals surface area contributed by atoms with Gasteiger partial charge in [0.25, 0.3) is 17.6 Å². The Morgan fingerprint density at radius 1 is 1.12 bits per heavy atom. The van der Waals surface area contributed by atoms with Gasteiger partial charge in [-0.25, -0.2) is 4.39 Å². The van der Waals surface area contributed by atoms with Gasteiger partial charge in [0.15, 0.2) is 0 Å². The van der Waals surface area contributed by atoms with Crippen LogP contribution in [-0.2, 0) is 6.42 Å². The lowest BCUT2D eigenvalue weighted by molar-refractivity contribution is 0.0941. The number of carbonyl (C=O) groups is 1. The van der Waals surface area contributed by atoms with Crippen molar-refractivity contribution in [3.05, 3.63) is 71.3 Å². The Labute approximate surface area is 138 Å². The van der Waals surface area contributed by atoms with Gasteiger partial charge in [-0.2, -0.15) is 4.98 Å². The van der Waals surface area contributed by atoms with Crippen molar-refractivity contribution >= 4 is 5.91 Å². The summed E-state index contributed by atoms with van der Waals surface area (Å²) in [6.07, 6.45) is 0.717. The zero-order chi connectivity index (χ0) is 16.9. The highest BCUT2D eigenvalue weighted by Gasteiger charge is 2.15. The first-order chi connectivity index (χ1) is 11.6. The molecule has 0 saturated heterocycles. The van der Waals surface area contributed by atoms with E-state index in [1.54, 1.807) is 0 Å². The minimum absolute atomic E-state index is 0.0433. The van der Waals surface area contributed by atoms with Crippen LogP contribution in [0.25, 0.3) is 11.5 Å². The third kappa shape index (κ3) is 3.84. The topological polar surface area (TPSA) is 68.0 Å². The lowest BCUT2D eigenvalue weighted by atomic mass is 10.1. The molecule has 3 rings (SSSR count). The number of halogens is 1. The van der Waals surface area contributed by atoms with Gasteiger partial charge >= 0.3 is 0 Å². The van der Waals surface area contributed by atoms with Gasteiger partial charge in [0, 0.05) is 12.1 Å². The van der Waals surface area contributed by atoms with E-state index in [0.29, 0.717) is 18.5 Å². The second-order valence-corrected chi connectivity index (χ2v) is 5.42. The van der Waals surface area contributed by atoms with E-state index < -0.39 is 5.91 Å². The summed E-state index contributed by atoms with van der Waals surface area (Å²) >= 11 is 0. The van der Waals surface area contributed by atoms with Gasteiger partial charge in [-0.1, -0.05) is 35.0 Å². The summed E-state index contributed by atoms with van der Waals surface area (Å²) in [7, 11) is 0. The van der Waals surface area contributed by atoms with Crippen LogP contribution >= 0.6 is 0 Å². The molecule has 1 N–H and O–H groups in total. The average molecular weight is 325 g/mol. The Morgan fingerprint density at radius 3 is 2.54 bits per heavy atom. The van der Waals surface area contributed by atoms with E-state index in [1.807, 2.05) is 31.2 Å². The molecule has 0 atom stereocenters. The molecule has 2 aromatic carbocycles. The van der Waals surface area contributed by atoms with E-state index in [-0.39, 0.29) is 17.5 Å². The Kier molecular flexibility index (Phi) is 4.65. The molecule has 5 nitrogen and oxygen atoms in total. The van der Waals surface area contributed by atoms with Gasteiger partial charge in [-0.05, 0) is 43.2 Å². The zero-order valence-electron chi connectivity index (χ0n) is 13.1. The molecular weight excluding hydrogens is 309 g/mol. The number of aryl methyl sites for hydroxylation is 1. The number of nitrogens with zero attached hydrogens (tertiary/aromatic N) is 2. The first-order valence-corrected chi connectivity index (χ1v) is 7.55. The normalized spacial score (nSPS) is 10.6. The van der Waals surface area contributed by atoms with E-state index in [4.69, 9.17) is 4.52 Å². The van der Waals surface area contributed by atoms with Gasteiger partial charge in [-0.15, -0.1) is 0 Å². The van der Waals surface area contributed by atoms with E-state index in [0.717, 1.165) is 5.56 Å². The van der Waals surface area contributed by atoms with Crippen molar-refractivity contribution < 1.29 is 13.7 Å². The number of hydrogen-bond donors (Lipinski definition) is 1. The Morgan fingerprint density at radius 2 is 1.83 bits per heavy atom. The molecule has 0 fully saturated rings. The molecule has 3 aromatic rings. The maximum atomic E-state index is 12.9. The Bertz CT molecular complexity index is 826. The average Bonchev–Trinajstić information content (AvgIpc) is 3.07. The first-order valence-electron chi connectivity index (χ1n) is 7.55. The summed E-state index contributed by atoms with van der Waals surface area (Å²) in [6.45, 7) is 2.50. The third-order valence-electron chi connectivity index (χ3n) is 3.54. The number of carbonyl (C=O) groups excluding carboxylic acids is 1. The van der Waals surface area contributed by atoms with Crippen LogP contribution in [0.15, 0.2) is 53.1 Å². The summed E-state index contributed by atoms with van der Waals surface area (Å²) in [5.41, 5.74) is 2.89. The SMILES string of the molecule is Cc1ccc(CCNC(=O)c2noc(-c3ccc(F)cc3)n2)cc1. The predicted octanol–water partition coefficient (Wildman–Crippen LogP) is 3.16. The predicted molar refractivity (Wildman–Crippen MR) is 86.9 cm³/mol. The number of aromatic nitrogens is 2. The number of rotatable bonds is 5. The zero-order valence-corrected chi connectivity index (χ0v) is 13.1. The maximum absolute atomic E-state index is 12.9. The van der Waals surface area contributed by atoms with Crippen LogP contribution in [0, 0.1) is 12.7 Å². The van der Waals surface area contributed by atoms with Crippen LogP contribution in [-0.4, -0.2) is 22.6 Å². The highest BCUT2D eigenvalue weighted by molar-refractivity contribution is 5.90. The van der Waals surface area contributed by atoms with Crippen LogP contribution < -0.4 is 5.32 Å². The van der Waals surface area contributed by atoms with Crippen LogP contribution in [0.1, 0.15) is 21.7 Å². The highest BCUT2D eigenvalue weighted by atomic mass is 19.1. The van der Waals surface area contributed by atoms with Gasteiger partial charge in [0.05, 0.1) is 0 Å². The minimum atomic E-state index is -0.403. The van der Waals surface area contributed by atoms with Crippen molar-refractivity contribution in [1.29, 1.82) is 0 Å². The summed E-state index contributed by atoms with van der Waals surface area (Å²) in [5.74, 6) is -0.622. The molecule has 0 bridgehead atoms. The molecule has 0 spiro atoms. The lowest BCUT2D eigenvalue weighted by Crippen LogP contribution is -2.26. The van der Waals surface area contributed by atoms with Crippen molar-refractivity contribution in [2.45, 2.75) is 13.3 Å². The van der Waals surface area contributed by atoms with E-state index in [9.17, 15) is 9.18 Å². The molecule has 1 amide bonds. The fourth-order valence-electron chi connectivity index (χ4n) is 2.18. The quantitative estimate of drug-likeness (QED) is 0.782. The smallest absolute Gasteiger partial charge is 0.292 e. The monoisotopic (exact) mass is 325 g/mol. The largest absolute Gasteiger partial charge is 0.349 e. The number of nitrogens with one attached hydrogen (secondary N) is 1. The molecule has 6 heteroatoms. The van der Waals surface area contributed by atoms with Crippen molar-refractivity contribution in [3.63, 3.8) is 0 Å². The fourth-order valence-corrected chi connectivity index (χ4v) is 2.18. The Hall–Kier alpha value is -3.02. The van der Waals surface area contributed by atoms with Gasteiger partial charge in [0.1, 0.15) is 5.82 Å². The van der Waals surface area contributed by atoms with Gasteiger partial charge < -0.3 is 9.84 Å². The van der Waals surface area contributed by atoms with Crippen LogP contribution in [0.2, 0.25) is 0 Å². The molecule has 24 heavy (non-hydrogen) atoms. The summed E-state index contributed by atoms with van der Waals surface area (Å²) < 4.78 is 18.0. The van der Waals surface area contributed by atoms with Crippen LogP contribution in [0.5, 0.6) is 0 Å². The molecule has 0 aliphatic carbocycles. The molecule has 1 aromatic heterocycles. The molecule has 122 valence electrons. The number of benzene rings is 2. The van der Waals surface area contributed by atoms with Crippen molar-refractivity contribution in [2.75, 3.05) is 6.54 Å². The minimum Gasteiger partial charge on any atom is -0.349 e. The molecule has 0 aliphatic heterocycles. The van der Waals surface area contributed by atoms with E-state index >= 15 is 0 Å². The summed E-state index contributed by atoms with van der Waals surface area (Å²) in [6, 6.07) is 13.7. The van der Waals surface area contributed by atoms with E-state index in [1.165, 1.54) is 29.8 Å². The standard InChI is InChI=1S/C18H16FN3O2/c1-12-2-4-13(5-3-12)10-11-20-17(23)16-21-18(24-22-16)14-6-8-15(19)9-7-14/h2-9H,10-11H2,1H3,(H,20,23). The second kappa shape index (κ2) is 7.04. The lowest BCUT2D eigenvalue weighted by Gasteiger charge is -2.03. The molecule has 1 heterocycles. The van der Waals surface area contributed by atoms with Crippen molar-refractivity contribution in [3.8, 4) is 11.5 Å². The van der Waals surface area contributed by atoms with E-state index in [2.05, 4.69) is 15.5 Å². The molecular formula is C18H16FN3O2. The molecule has 0 aliphatic rings. The second-order valence-electron chi connectivity index (χ2n) is 5.42. The maximum Gasteiger partial charge on any atom is 0.292 e. The number of hydrogen-bond acceptors (Lipinski definition) is 4.